The third-order valence-corrected chi connectivity index (χ3v) is 4.79. The largest absolute Gasteiger partial charge is 0.506 e. The van der Waals surface area contributed by atoms with Gasteiger partial charge in [0.1, 0.15) is 6.10 Å². The minimum absolute atomic E-state index is 0.0116. The van der Waals surface area contributed by atoms with E-state index in [9.17, 15) is 14.9 Å². The number of nitrogens with zero attached hydrogens (tertiary/aromatic N) is 1. The Bertz CT molecular complexity index is 544. The quantitative estimate of drug-likeness (QED) is 0.153. The molecule has 1 aromatic rings. The van der Waals surface area contributed by atoms with Gasteiger partial charge in [0.25, 0.3) is 5.69 Å². The summed E-state index contributed by atoms with van der Waals surface area (Å²) in [6.45, 7) is 2.23. The van der Waals surface area contributed by atoms with E-state index in [1.807, 2.05) is 0 Å². The Morgan fingerprint density at radius 2 is 1.44 bits per heavy atom. The van der Waals surface area contributed by atoms with Crippen LogP contribution in [0.2, 0.25) is 0 Å². The average Bonchev–Trinajstić information content (AvgIpc) is 2.65. The molecule has 0 aliphatic carbocycles. The molecule has 1 N–H and O–H groups in total. The third kappa shape index (κ3) is 10.6. The molecule has 1 rings (SSSR count). The number of hydrogen-bond donors (Lipinski definition) is 1. The van der Waals surface area contributed by atoms with Gasteiger partial charge in [0.05, 0.1) is 4.92 Å². The van der Waals surface area contributed by atoms with Gasteiger partial charge in [-0.15, -0.1) is 0 Å². The van der Waals surface area contributed by atoms with E-state index < -0.39 is 17.2 Å². The maximum atomic E-state index is 10.9. The molecule has 0 saturated carbocycles. The Hall–Kier alpha value is -2.11. The van der Waals surface area contributed by atoms with Gasteiger partial charge in [-0.1, -0.05) is 71.1 Å². The van der Waals surface area contributed by atoms with Crippen LogP contribution in [-0.4, -0.2) is 16.2 Å². The molecule has 0 heterocycles. The SMILES string of the molecule is CCCCCCCCCCCCCC(OC(=O)O)c1ccc([N+](=O)[O-])cc1. The van der Waals surface area contributed by atoms with Crippen molar-refractivity contribution in [3.05, 3.63) is 39.9 Å². The Balaban J connectivity index is 2.25. The van der Waals surface area contributed by atoms with Gasteiger partial charge in [0, 0.05) is 12.1 Å². The van der Waals surface area contributed by atoms with Crippen LogP contribution in [0.25, 0.3) is 0 Å². The van der Waals surface area contributed by atoms with Crippen molar-refractivity contribution in [1.82, 2.24) is 0 Å². The van der Waals surface area contributed by atoms with Crippen molar-refractivity contribution in [2.45, 2.75) is 90.1 Å². The lowest BCUT2D eigenvalue weighted by Gasteiger charge is -2.16. The molecule has 6 heteroatoms. The van der Waals surface area contributed by atoms with Crippen molar-refractivity contribution in [3.8, 4) is 0 Å². The van der Waals surface area contributed by atoms with E-state index in [1.165, 1.54) is 63.5 Å². The van der Waals surface area contributed by atoms with Gasteiger partial charge in [-0.25, -0.2) is 4.79 Å². The van der Waals surface area contributed by atoms with Gasteiger partial charge in [0.15, 0.2) is 0 Å². The topological polar surface area (TPSA) is 89.7 Å². The van der Waals surface area contributed by atoms with E-state index in [1.54, 1.807) is 12.1 Å². The lowest BCUT2D eigenvalue weighted by atomic mass is 10.0. The van der Waals surface area contributed by atoms with Gasteiger partial charge < -0.3 is 9.84 Å². The molecule has 6 nitrogen and oxygen atoms in total. The van der Waals surface area contributed by atoms with Crippen LogP contribution in [0.4, 0.5) is 10.5 Å². The zero-order chi connectivity index (χ0) is 19.9. The molecule has 0 spiro atoms. The zero-order valence-corrected chi connectivity index (χ0v) is 16.4. The predicted octanol–water partition coefficient (Wildman–Crippen LogP) is 7.03. The van der Waals surface area contributed by atoms with E-state index in [-0.39, 0.29) is 5.69 Å². The lowest BCUT2D eigenvalue weighted by molar-refractivity contribution is -0.384. The van der Waals surface area contributed by atoms with Crippen molar-refractivity contribution in [2.75, 3.05) is 0 Å². The van der Waals surface area contributed by atoms with E-state index in [4.69, 9.17) is 9.84 Å². The molecular formula is C21H33NO5. The first-order valence-corrected chi connectivity index (χ1v) is 10.2. The van der Waals surface area contributed by atoms with Crippen molar-refractivity contribution in [1.29, 1.82) is 0 Å². The molecule has 0 saturated heterocycles. The number of ether oxygens (including phenoxy) is 1. The first-order chi connectivity index (χ1) is 13.0. The summed E-state index contributed by atoms with van der Waals surface area (Å²) in [6, 6.07) is 5.91. The van der Waals surface area contributed by atoms with Crippen LogP contribution in [0.1, 0.15) is 95.6 Å². The van der Waals surface area contributed by atoms with Gasteiger partial charge >= 0.3 is 6.16 Å². The van der Waals surface area contributed by atoms with Crippen LogP contribution < -0.4 is 0 Å². The van der Waals surface area contributed by atoms with Crippen molar-refractivity contribution in [3.63, 3.8) is 0 Å². The summed E-state index contributed by atoms with van der Waals surface area (Å²) < 4.78 is 4.98. The molecule has 0 bridgehead atoms. The number of nitro groups is 1. The summed E-state index contributed by atoms with van der Waals surface area (Å²) in [5.74, 6) is 0. The maximum absolute atomic E-state index is 10.9. The smallest absolute Gasteiger partial charge is 0.450 e. The molecule has 0 aliphatic heterocycles. The fourth-order valence-corrected chi connectivity index (χ4v) is 3.22. The number of benzene rings is 1. The average molecular weight is 379 g/mol. The fraction of sp³-hybridized carbons (Fsp3) is 0.667. The standard InChI is InChI=1S/C21H33NO5/c1-2-3-4-5-6-7-8-9-10-11-12-13-20(27-21(23)24)18-14-16-19(17-15-18)22(25)26/h14-17,20H,2-13H2,1H3,(H,23,24). The highest BCUT2D eigenvalue weighted by Gasteiger charge is 2.17. The number of non-ortho nitro benzene ring substituents is 1. The van der Waals surface area contributed by atoms with Gasteiger partial charge in [-0.05, 0) is 30.5 Å². The highest BCUT2D eigenvalue weighted by Crippen LogP contribution is 2.26. The molecule has 152 valence electrons. The molecule has 1 aromatic carbocycles. The number of hydrogen-bond acceptors (Lipinski definition) is 4. The lowest BCUT2D eigenvalue weighted by Crippen LogP contribution is -2.09. The molecule has 1 atom stereocenters. The minimum Gasteiger partial charge on any atom is -0.450 e. The van der Waals surface area contributed by atoms with Crippen LogP contribution in [-0.2, 0) is 4.74 Å². The van der Waals surface area contributed by atoms with Gasteiger partial charge in [-0.3, -0.25) is 10.1 Å². The van der Waals surface area contributed by atoms with Crippen molar-refractivity contribution in [2.24, 2.45) is 0 Å². The zero-order valence-electron chi connectivity index (χ0n) is 16.4. The summed E-state index contributed by atoms with van der Waals surface area (Å²) in [4.78, 5) is 21.2. The molecule has 27 heavy (non-hydrogen) atoms. The van der Waals surface area contributed by atoms with Crippen LogP contribution in [0, 0.1) is 10.1 Å². The molecule has 1 unspecified atom stereocenters. The summed E-state index contributed by atoms with van der Waals surface area (Å²) >= 11 is 0. The van der Waals surface area contributed by atoms with Crippen LogP contribution in [0.15, 0.2) is 24.3 Å². The molecule has 0 aliphatic rings. The number of carboxylic acid groups (broad SMARTS) is 1. The van der Waals surface area contributed by atoms with Crippen LogP contribution in [0.3, 0.4) is 0 Å². The second kappa shape index (κ2) is 14.0. The molecule has 0 amide bonds. The molecule has 0 radical (unpaired) electrons. The number of nitro benzene ring substituents is 1. The normalized spacial score (nSPS) is 11.9. The van der Waals surface area contributed by atoms with Gasteiger partial charge in [0.2, 0.25) is 0 Å². The molecular weight excluding hydrogens is 346 g/mol. The highest BCUT2D eigenvalue weighted by atomic mass is 16.7. The number of unbranched alkanes of at least 4 members (excludes halogenated alkanes) is 10. The van der Waals surface area contributed by atoms with Crippen molar-refractivity contribution < 1.29 is 19.6 Å². The maximum Gasteiger partial charge on any atom is 0.506 e. The van der Waals surface area contributed by atoms with E-state index in [0.717, 1.165) is 19.3 Å². The summed E-state index contributed by atoms with van der Waals surface area (Å²) in [5, 5.41) is 19.7. The number of rotatable bonds is 15. The summed E-state index contributed by atoms with van der Waals surface area (Å²) in [7, 11) is 0. The van der Waals surface area contributed by atoms with Gasteiger partial charge in [-0.2, -0.15) is 0 Å². The first kappa shape index (κ1) is 22.9. The van der Waals surface area contributed by atoms with Crippen molar-refractivity contribution >= 4 is 11.8 Å². The Morgan fingerprint density at radius 3 is 1.89 bits per heavy atom. The summed E-state index contributed by atoms with van der Waals surface area (Å²) in [5.41, 5.74) is 0.651. The van der Waals surface area contributed by atoms with E-state index >= 15 is 0 Å². The minimum atomic E-state index is -1.32. The van der Waals surface area contributed by atoms with E-state index in [0.29, 0.717) is 12.0 Å². The summed E-state index contributed by atoms with van der Waals surface area (Å²) in [6.07, 6.45) is 12.2. The number of carbonyl (C=O) groups is 1. The fourth-order valence-electron chi connectivity index (χ4n) is 3.22. The molecule has 0 fully saturated rings. The van der Waals surface area contributed by atoms with Crippen LogP contribution in [0.5, 0.6) is 0 Å². The first-order valence-electron chi connectivity index (χ1n) is 10.2. The third-order valence-electron chi connectivity index (χ3n) is 4.79. The molecule has 0 aromatic heterocycles. The van der Waals surface area contributed by atoms with E-state index in [2.05, 4.69) is 6.92 Å². The predicted molar refractivity (Wildman–Crippen MR) is 106 cm³/mol. The second-order valence-corrected chi connectivity index (χ2v) is 7.05. The second-order valence-electron chi connectivity index (χ2n) is 7.05. The highest BCUT2D eigenvalue weighted by molar-refractivity contribution is 5.57. The monoisotopic (exact) mass is 379 g/mol. The Labute approximate surface area is 162 Å². The Morgan fingerprint density at radius 1 is 0.963 bits per heavy atom. The van der Waals surface area contributed by atoms with Crippen LogP contribution >= 0.6 is 0 Å². The Kier molecular flexibility index (Phi) is 11.9.